The van der Waals surface area contributed by atoms with Crippen LogP contribution in [0.1, 0.15) is 0 Å². The third kappa shape index (κ3) is 3.69. The lowest BCUT2D eigenvalue weighted by Gasteiger charge is -2.07. The molecule has 9 rings (SSSR count). The molecule has 0 aliphatic heterocycles. The molecule has 0 radical (unpaired) electrons. The summed E-state index contributed by atoms with van der Waals surface area (Å²) in [5.74, 6) is 0. The molecule has 0 fully saturated rings. The van der Waals surface area contributed by atoms with Gasteiger partial charge in [0.15, 0.2) is 0 Å². The molecule has 0 aliphatic rings. The zero-order valence-corrected chi connectivity index (χ0v) is 23.4. The van der Waals surface area contributed by atoms with Crippen molar-refractivity contribution in [3.05, 3.63) is 142 Å². The fourth-order valence-electron chi connectivity index (χ4n) is 6.10. The Morgan fingerprint density at radius 1 is 0.372 bits per heavy atom. The SMILES string of the molecule is O=c1c2ccccc2oc2ccc(-c3ccc4sc5ccc(-c6ccc7oc8ccccc8c(=O)c7c6)cc5c4c3)cc12. The van der Waals surface area contributed by atoms with Crippen LogP contribution in [0.3, 0.4) is 0 Å². The van der Waals surface area contributed by atoms with E-state index in [0.717, 1.165) is 33.0 Å². The molecule has 4 nitrogen and oxygen atoms in total. The number of hydrogen-bond acceptors (Lipinski definition) is 5. The highest BCUT2D eigenvalue weighted by atomic mass is 32.1. The van der Waals surface area contributed by atoms with Crippen molar-refractivity contribution in [2.24, 2.45) is 0 Å². The van der Waals surface area contributed by atoms with Crippen molar-refractivity contribution >= 4 is 75.4 Å². The van der Waals surface area contributed by atoms with Gasteiger partial charge in [0.05, 0.1) is 21.5 Å². The van der Waals surface area contributed by atoms with Crippen LogP contribution in [0.15, 0.2) is 140 Å². The molecule has 0 N–H and O–H groups in total. The predicted molar refractivity (Wildman–Crippen MR) is 177 cm³/mol. The summed E-state index contributed by atoms with van der Waals surface area (Å²) in [4.78, 5) is 26.5. The average molecular weight is 573 g/mol. The van der Waals surface area contributed by atoms with Crippen molar-refractivity contribution < 1.29 is 8.83 Å². The first-order chi connectivity index (χ1) is 21.1. The molecule has 202 valence electrons. The number of rotatable bonds is 2. The summed E-state index contributed by atoms with van der Waals surface area (Å²) in [7, 11) is 0. The van der Waals surface area contributed by atoms with Crippen LogP contribution in [0.5, 0.6) is 0 Å². The quantitative estimate of drug-likeness (QED) is 0.193. The van der Waals surface area contributed by atoms with Crippen molar-refractivity contribution in [3.63, 3.8) is 0 Å². The molecule has 3 heterocycles. The Labute approximate surface area is 247 Å². The van der Waals surface area contributed by atoms with Crippen LogP contribution in [-0.2, 0) is 0 Å². The normalized spacial score (nSPS) is 11.9. The Kier molecular flexibility index (Phi) is 5.04. The molecule has 0 amide bonds. The van der Waals surface area contributed by atoms with E-state index in [4.69, 9.17) is 8.83 Å². The van der Waals surface area contributed by atoms with Crippen LogP contribution in [0.4, 0.5) is 0 Å². The van der Waals surface area contributed by atoms with E-state index >= 15 is 0 Å². The van der Waals surface area contributed by atoms with Crippen molar-refractivity contribution in [3.8, 4) is 22.3 Å². The standard InChI is InChI=1S/C38H20O4S/c39-37-25-5-1-3-7-31(25)41-33-13-9-21(19-29(33)37)23-11-15-35-27(17-23)28-18-24(12-16-36(28)43-35)22-10-14-34-30(20-22)38(40)26-6-2-4-8-32(26)42-34/h1-20H. The van der Waals surface area contributed by atoms with E-state index in [-0.39, 0.29) is 10.9 Å². The average Bonchev–Trinajstić information content (AvgIpc) is 3.42. The third-order valence-electron chi connectivity index (χ3n) is 8.29. The van der Waals surface area contributed by atoms with Crippen molar-refractivity contribution in [2.45, 2.75) is 0 Å². The van der Waals surface area contributed by atoms with Crippen LogP contribution >= 0.6 is 11.3 Å². The first-order valence-electron chi connectivity index (χ1n) is 14.0. The van der Waals surface area contributed by atoms with E-state index < -0.39 is 0 Å². The summed E-state index contributed by atoms with van der Waals surface area (Å²) in [5, 5.41) is 4.61. The van der Waals surface area contributed by atoms with Gasteiger partial charge in [-0.15, -0.1) is 11.3 Å². The number of para-hydroxylation sites is 2. The van der Waals surface area contributed by atoms with Crippen molar-refractivity contribution in [2.75, 3.05) is 0 Å². The topological polar surface area (TPSA) is 60.4 Å². The van der Waals surface area contributed by atoms with Gasteiger partial charge in [-0.1, -0.05) is 48.5 Å². The minimum atomic E-state index is -0.0252. The number of fused-ring (bicyclic) bond motifs is 7. The summed E-state index contributed by atoms with van der Waals surface area (Å²) in [5.41, 5.74) is 6.27. The Morgan fingerprint density at radius 2 is 0.744 bits per heavy atom. The van der Waals surface area contributed by atoms with Gasteiger partial charge in [-0.3, -0.25) is 9.59 Å². The van der Waals surface area contributed by atoms with E-state index in [1.807, 2.05) is 72.8 Å². The van der Waals surface area contributed by atoms with Gasteiger partial charge in [-0.05, 0) is 95.1 Å². The summed E-state index contributed by atoms with van der Waals surface area (Å²) < 4.78 is 14.4. The second kappa shape index (κ2) is 8.99. The lowest BCUT2D eigenvalue weighted by molar-refractivity contribution is 0.659. The van der Waals surface area contributed by atoms with E-state index in [9.17, 15) is 9.59 Å². The molecule has 0 atom stereocenters. The van der Waals surface area contributed by atoms with Gasteiger partial charge in [0.1, 0.15) is 22.3 Å². The molecule has 6 aromatic carbocycles. The van der Waals surface area contributed by atoms with Crippen LogP contribution in [-0.4, -0.2) is 0 Å². The maximum absolute atomic E-state index is 13.3. The molecule has 0 spiro atoms. The second-order valence-electron chi connectivity index (χ2n) is 10.8. The molecule has 43 heavy (non-hydrogen) atoms. The van der Waals surface area contributed by atoms with E-state index in [2.05, 4.69) is 36.4 Å². The Bertz CT molecular complexity index is 2540. The summed E-state index contributed by atoms with van der Waals surface area (Å²) >= 11 is 1.75. The van der Waals surface area contributed by atoms with E-state index in [1.54, 1.807) is 23.5 Å². The minimum Gasteiger partial charge on any atom is -0.456 e. The number of benzene rings is 6. The molecule has 0 unspecified atom stereocenters. The molecule has 0 saturated heterocycles. The molecule has 0 bridgehead atoms. The summed E-state index contributed by atoms with van der Waals surface area (Å²) in [6.07, 6.45) is 0. The highest BCUT2D eigenvalue weighted by molar-refractivity contribution is 7.25. The highest BCUT2D eigenvalue weighted by Crippen LogP contribution is 2.39. The fraction of sp³-hybridized carbons (Fsp3) is 0. The zero-order valence-electron chi connectivity index (χ0n) is 22.6. The smallest absolute Gasteiger partial charge is 0.200 e. The molecule has 0 saturated carbocycles. The van der Waals surface area contributed by atoms with Crippen molar-refractivity contribution in [1.82, 2.24) is 0 Å². The van der Waals surface area contributed by atoms with Crippen LogP contribution < -0.4 is 10.9 Å². The first-order valence-corrected chi connectivity index (χ1v) is 14.8. The second-order valence-corrected chi connectivity index (χ2v) is 11.9. The molecular formula is C38H20O4S. The van der Waals surface area contributed by atoms with E-state index in [0.29, 0.717) is 43.9 Å². The van der Waals surface area contributed by atoms with Crippen LogP contribution in [0.2, 0.25) is 0 Å². The van der Waals surface area contributed by atoms with Gasteiger partial charge < -0.3 is 8.83 Å². The molecule has 9 aromatic rings. The monoisotopic (exact) mass is 572 g/mol. The van der Waals surface area contributed by atoms with Gasteiger partial charge >= 0.3 is 0 Å². The van der Waals surface area contributed by atoms with Crippen molar-refractivity contribution in [1.29, 1.82) is 0 Å². The summed E-state index contributed by atoms with van der Waals surface area (Å²) in [6.45, 7) is 0. The Morgan fingerprint density at radius 3 is 1.21 bits per heavy atom. The third-order valence-corrected chi connectivity index (χ3v) is 9.44. The lowest BCUT2D eigenvalue weighted by Crippen LogP contribution is -2.01. The zero-order chi connectivity index (χ0) is 28.7. The Hall–Kier alpha value is -5.52. The molecule has 5 heteroatoms. The number of hydrogen-bond donors (Lipinski definition) is 0. The van der Waals surface area contributed by atoms with Crippen LogP contribution in [0, 0.1) is 0 Å². The summed E-state index contributed by atoms with van der Waals surface area (Å²) in [6, 6.07) is 39.2. The lowest BCUT2D eigenvalue weighted by atomic mass is 9.98. The first kappa shape index (κ1) is 24.1. The maximum atomic E-state index is 13.3. The maximum Gasteiger partial charge on any atom is 0.200 e. The van der Waals surface area contributed by atoms with Gasteiger partial charge in [0.25, 0.3) is 0 Å². The fourth-order valence-corrected chi connectivity index (χ4v) is 7.17. The van der Waals surface area contributed by atoms with Gasteiger partial charge in [-0.25, -0.2) is 0 Å². The molecule has 0 aliphatic carbocycles. The number of thiophene rings is 1. The molecule has 3 aromatic heterocycles. The minimum absolute atomic E-state index is 0.0252. The van der Waals surface area contributed by atoms with Crippen LogP contribution in [0.25, 0.3) is 86.3 Å². The Balaban J connectivity index is 1.19. The van der Waals surface area contributed by atoms with Gasteiger partial charge in [-0.2, -0.15) is 0 Å². The van der Waals surface area contributed by atoms with E-state index in [1.165, 1.54) is 9.40 Å². The molecular weight excluding hydrogens is 552 g/mol. The largest absolute Gasteiger partial charge is 0.456 e. The predicted octanol–water partition coefficient (Wildman–Crippen LogP) is 9.91. The highest BCUT2D eigenvalue weighted by Gasteiger charge is 2.13. The van der Waals surface area contributed by atoms with Gasteiger partial charge in [0, 0.05) is 20.2 Å². The van der Waals surface area contributed by atoms with Gasteiger partial charge in [0.2, 0.25) is 10.9 Å².